The van der Waals surface area contributed by atoms with E-state index in [1.807, 2.05) is 11.6 Å². The van der Waals surface area contributed by atoms with Crippen LogP contribution in [0.25, 0.3) is 0 Å². The van der Waals surface area contributed by atoms with Crippen LogP contribution in [0, 0.1) is 13.8 Å². The molecule has 0 aromatic carbocycles. The summed E-state index contributed by atoms with van der Waals surface area (Å²) in [5.74, 6) is 0. The Morgan fingerprint density at radius 2 is 2.25 bits per heavy atom. The van der Waals surface area contributed by atoms with Crippen molar-refractivity contribution in [1.82, 2.24) is 9.78 Å². The van der Waals surface area contributed by atoms with Gasteiger partial charge in [-0.15, -0.1) is 0 Å². The van der Waals surface area contributed by atoms with E-state index in [9.17, 15) is 0 Å². The van der Waals surface area contributed by atoms with E-state index in [0.29, 0.717) is 12.6 Å². The number of hydrogen-bond acceptors (Lipinski definition) is 2. The Bertz CT molecular complexity index is 248. The molecule has 0 spiro atoms. The number of nitrogens with zero attached hydrogens (tertiary/aromatic N) is 2. The molecule has 3 heteroatoms. The van der Waals surface area contributed by atoms with E-state index >= 15 is 0 Å². The summed E-state index contributed by atoms with van der Waals surface area (Å²) < 4.78 is 2.02. The molecule has 1 heterocycles. The molecule has 2 N–H and O–H groups in total. The average Bonchev–Trinajstić information content (AvgIpc) is 2.34. The highest BCUT2D eigenvalue weighted by molar-refractivity contribution is 5.07. The largest absolute Gasteiger partial charge is 0.328 e. The van der Waals surface area contributed by atoms with Crippen molar-refractivity contribution in [2.45, 2.75) is 33.2 Å². The van der Waals surface area contributed by atoms with Gasteiger partial charge in [0.25, 0.3) is 0 Å². The zero-order valence-corrected chi connectivity index (χ0v) is 8.04. The summed E-state index contributed by atoms with van der Waals surface area (Å²) >= 11 is 0. The van der Waals surface area contributed by atoms with Crippen LogP contribution < -0.4 is 5.73 Å². The minimum atomic E-state index is 0.360. The number of rotatable bonds is 3. The first-order chi connectivity index (χ1) is 5.69. The zero-order chi connectivity index (χ0) is 9.14. The van der Waals surface area contributed by atoms with Crippen LogP contribution in [0.1, 0.15) is 30.8 Å². The van der Waals surface area contributed by atoms with Gasteiger partial charge in [-0.3, -0.25) is 4.68 Å². The Morgan fingerprint density at radius 1 is 1.58 bits per heavy atom. The number of aromatic nitrogens is 2. The fraction of sp³-hybridized carbons (Fsp3) is 0.667. The van der Waals surface area contributed by atoms with Crippen LogP contribution in [0.2, 0.25) is 0 Å². The van der Waals surface area contributed by atoms with Crippen molar-refractivity contribution in [3.05, 3.63) is 17.5 Å². The lowest BCUT2D eigenvalue weighted by atomic mass is 10.2. The molecule has 0 saturated heterocycles. The maximum absolute atomic E-state index is 5.63. The molecule has 3 nitrogen and oxygen atoms in total. The first kappa shape index (κ1) is 9.26. The van der Waals surface area contributed by atoms with Crippen LogP contribution in [0.5, 0.6) is 0 Å². The Hall–Kier alpha value is -0.830. The lowest BCUT2D eigenvalue weighted by Gasteiger charge is -2.14. The number of hydrogen-bond donors (Lipinski definition) is 1. The minimum Gasteiger partial charge on any atom is -0.328 e. The third-order valence-electron chi connectivity index (χ3n) is 2.13. The highest BCUT2D eigenvalue weighted by Crippen LogP contribution is 2.12. The molecule has 0 saturated carbocycles. The molecule has 0 aliphatic carbocycles. The summed E-state index contributed by atoms with van der Waals surface area (Å²) in [4.78, 5) is 0. The minimum absolute atomic E-state index is 0.360. The lowest BCUT2D eigenvalue weighted by Crippen LogP contribution is -2.20. The number of nitrogens with two attached hydrogens (primary N) is 1. The molecule has 0 bridgehead atoms. The van der Waals surface area contributed by atoms with Gasteiger partial charge in [0.05, 0.1) is 11.7 Å². The van der Waals surface area contributed by atoms with Crippen molar-refractivity contribution in [1.29, 1.82) is 0 Å². The predicted molar refractivity (Wildman–Crippen MR) is 50.1 cm³/mol. The lowest BCUT2D eigenvalue weighted by molar-refractivity contribution is 0.439. The molecule has 0 radical (unpaired) electrons. The van der Waals surface area contributed by atoms with Gasteiger partial charge in [0.15, 0.2) is 0 Å². The molecular formula is C9H17N3. The second kappa shape index (κ2) is 3.72. The Labute approximate surface area is 73.6 Å². The van der Waals surface area contributed by atoms with Gasteiger partial charge in [-0.25, -0.2) is 0 Å². The molecule has 1 unspecified atom stereocenters. The van der Waals surface area contributed by atoms with E-state index in [1.165, 1.54) is 5.69 Å². The summed E-state index contributed by atoms with van der Waals surface area (Å²) in [6, 6.07) is 2.44. The molecule has 1 rings (SSSR count). The van der Waals surface area contributed by atoms with Gasteiger partial charge in [-0.2, -0.15) is 5.10 Å². The molecule has 68 valence electrons. The molecule has 12 heavy (non-hydrogen) atoms. The van der Waals surface area contributed by atoms with Crippen molar-refractivity contribution < 1.29 is 0 Å². The number of aryl methyl sites for hydroxylation is 2. The maximum Gasteiger partial charge on any atom is 0.0641 e. The van der Waals surface area contributed by atoms with Crippen molar-refractivity contribution in [2.75, 3.05) is 6.54 Å². The third kappa shape index (κ3) is 1.67. The van der Waals surface area contributed by atoms with E-state index in [1.54, 1.807) is 0 Å². The molecule has 0 fully saturated rings. The van der Waals surface area contributed by atoms with E-state index in [-0.39, 0.29) is 0 Å². The summed E-state index contributed by atoms with van der Waals surface area (Å²) in [6.45, 7) is 6.87. The van der Waals surface area contributed by atoms with E-state index in [4.69, 9.17) is 5.73 Å². The van der Waals surface area contributed by atoms with Crippen LogP contribution in [0.15, 0.2) is 6.07 Å². The highest BCUT2D eigenvalue weighted by Gasteiger charge is 2.09. The van der Waals surface area contributed by atoms with Crippen molar-refractivity contribution in [3.63, 3.8) is 0 Å². The predicted octanol–water partition coefficient (Wildman–Crippen LogP) is 1.41. The van der Waals surface area contributed by atoms with Crippen molar-refractivity contribution in [2.24, 2.45) is 5.73 Å². The highest BCUT2D eigenvalue weighted by atomic mass is 15.3. The Kier molecular flexibility index (Phi) is 2.87. The summed E-state index contributed by atoms with van der Waals surface area (Å²) in [7, 11) is 0. The van der Waals surface area contributed by atoms with E-state index in [0.717, 1.165) is 12.1 Å². The van der Waals surface area contributed by atoms with Crippen LogP contribution in [0.3, 0.4) is 0 Å². The van der Waals surface area contributed by atoms with Gasteiger partial charge in [-0.1, -0.05) is 6.92 Å². The van der Waals surface area contributed by atoms with Crippen molar-refractivity contribution in [3.8, 4) is 0 Å². The molecule has 0 amide bonds. The Morgan fingerprint density at radius 3 is 2.58 bits per heavy atom. The van der Waals surface area contributed by atoms with Gasteiger partial charge in [0.2, 0.25) is 0 Å². The van der Waals surface area contributed by atoms with Crippen LogP contribution in [-0.2, 0) is 0 Å². The molecular weight excluding hydrogens is 150 g/mol. The smallest absolute Gasteiger partial charge is 0.0641 e. The van der Waals surface area contributed by atoms with Gasteiger partial charge < -0.3 is 5.73 Å². The van der Waals surface area contributed by atoms with E-state index < -0.39 is 0 Å². The normalized spacial score (nSPS) is 13.3. The van der Waals surface area contributed by atoms with Gasteiger partial charge in [0, 0.05) is 12.2 Å². The topological polar surface area (TPSA) is 43.8 Å². The molecule has 0 aliphatic rings. The monoisotopic (exact) mass is 167 g/mol. The van der Waals surface area contributed by atoms with Gasteiger partial charge in [-0.05, 0) is 26.3 Å². The summed E-state index contributed by atoms with van der Waals surface area (Å²) in [5, 5.41) is 4.39. The van der Waals surface area contributed by atoms with Crippen LogP contribution in [0.4, 0.5) is 0 Å². The fourth-order valence-corrected chi connectivity index (χ4v) is 1.46. The quantitative estimate of drug-likeness (QED) is 0.739. The average molecular weight is 167 g/mol. The third-order valence-corrected chi connectivity index (χ3v) is 2.13. The summed E-state index contributed by atoms with van der Waals surface area (Å²) in [6.07, 6.45) is 1.04. The first-order valence-corrected chi connectivity index (χ1v) is 4.41. The van der Waals surface area contributed by atoms with Crippen molar-refractivity contribution >= 4 is 0 Å². The molecule has 1 aromatic heterocycles. The molecule has 1 aromatic rings. The fourth-order valence-electron chi connectivity index (χ4n) is 1.46. The Balaban J connectivity index is 2.91. The van der Waals surface area contributed by atoms with Gasteiger partial charge >= 0.3 is 0 Å². The maximum atomic E-state index is 5.63. The molecule has 1 atom stereocenters. The van der Waals surface area contributed by atoms with Crippen LogP contribution in [-0.4, -0.2) is 16.3 Å². The van der Waals surface area contributed by atoms with Gasteiger partial charge in [0.1, 0.15) is 0 Å². The molecule has 0 aliphatic heterocycles. The van der Waals surface area contributed by atoms with Crippen LogP contribution >= 0.6 is 0 Å². The zero-order valence-electron chi connectivity index (χ0n) is 8.04. The van der Waals surface area contributed by atoms with E-state index in [2.05, 4.69) is 25.0 Å². The second-order valence-electron chi connectivity index (χ2n) is 3.17. The standard InChI is InChI=1S/C9H17N3/c1-4-9(6-10)12-8(3)5-7(2)11-12/h5,9H,4,6,10H2,1-3H3. The SMILES string of the molecule is CCC(CN)n1nc(C)cc1C. The summed E-state index contributed by atoms with van der Waals surface area (Å²) in [5.41, 5.74) is 7.90. The first-order valence-electron chi connectivity index (χ1n) is 4.41. The second-order valence-corrected chi connectivity index (χ2v) is 3.17.